The maximum atomic E-state index is 11.4. The molecular weight excluding hydrogens is 226 g/mol. The highest BCUT2D eigenvalue weighted by Gasteiger charge is 2.27. The lowest BCUT2D eigenvalue weighted by Gasteiger charge is -2.29. The van der Waals surface area contributed by atoms with Crippen molar-refractivity contribution in [1.82, 2.24) is 4.90 Å². The zero-order valence-corrected chi connectivity index (χ0v) is 11.6. The molecule has 100 valence electrons. The van der Waals surface area contributed by atoms with Gasteiger partial charge in [-0.2, -0.15) is 0 Å². The lowest BCUT2D eigenvalue weighted by atomic mass is 9.83. The topological polar surface area (TPSA) is 29.5 Å². The van der Waals surface area contributed by atoms with Gasteiger partial charge in [-0.25, -0.2) is 0 Å². The van der Waals surface area contributed by atoms with E-state index in [2.05, 4.69) is 4.90 Å². The van der Waals surface area contributed by atoms with Gasteiger partial charge in [0.15, 0.2) is 0 Å². The van der Waals surface area contributed by atoms with Crippen molar-refractivity contribution in [2.75, 3.05) is 33.4 Å². The van der Waals surface area contributed by atoms with Crippen LogP contribution >= 0.6 is 0 Å². The van der Waals surface area contributed by atoms with Crippen LogP contribution in [-0.2, 0) is 14.9 Å². The van der Waals surface area contributed by atoms with Crippen LogP contribution in [0.3, 0.4) is 0 Å². The highest BCUT2D eigenvalue weighted by Crippen LogP contribution is 2.22. The number of aldehydes is 1. The van der Waals surface area contributed by atoms with Crippen LogP contribution in [-0.4, -0.2) is 44.5 Å². The maximum absolute atomic E-state index is 11.4. The molecule has 0 aromatic heterocycles. The van der Waals surface area contributed by atoms with Crippen LogP contribution in [0, 0.1) is 0 Å². The van der Waals surface area contributed by atoms with E-state index < -0.39 is 5.41 Å². The molecule has 3 heteroatoms. The predicted molar refractivity (Wildman–Crippen MR) is 73.8 cm³/mol. The van der Waals surface area contributed by atoms with E-state index in [1.807, 2.05) is 51.2 Å². The van der Waals surface area contributed by atoms with Gasteiger partial charge in [-0.1, -0.05) is 30.3 Å². The SMILES string of the molecule is CCOCCN(C)CC(C)(C=O)c1ccccc1. The number of carbonyl (C=O) groups excluding carboxylic acids is 1. The van der Waals surface area contributed by atoms with Gasteiger partial charge in [0.1, 0.15) is 6.29 Å². The summed E-state index contributed by atoms with van der Waals surface area (Å²) in [4.78, 5) is 13.6. The fraction of sp³-hybridized carbons (Fsp3) is 0.533. The van der Waals surface area contributed by atoms with Gasteiger partial charge >= 0.3 is 0 Å². The van der Waals surface area contributed by atoms with Gasteiger partial charge in [-0.15, -0.1) is 0 Å². The summed E-state index contributed by atoms with van der Waals surface area (Å²) < 4.78 is 5.33. The molecule has 0 N–H and O–H groups in total. The second-order valence-corrected chi connectivity index (χ2v) is 4.84. The van der Waals surface area contributed by atoms with Gasteiger partial charge in [0.05, 0.1) is 12.0 Å². The summed E-state index contributed by atoms with van der Waals surface area (Å²) in [6.45, 7) is 6.94. The minimum atomic E-state index is -0.456. The van der Waals surface area contributed by atoms with Crippen molar-refractivity contribution in [3.8, 4) is 0 Å². The molecule has 0 aliphatic rings. The number of nitrogens with zero attached hydrogens (tertiary/aromatic N) is 1. The van der Waals surface area contributed by atoms with Gasteiger partial charge < -0.3 is 14.4 Å². The van der Waals surface area contributed by atoms with E-state index in [0.29, 0.717) is 13.2 Å². The molecule has 0 aliphatic carbocycles. The van der Waals surface area contributed by atoms with Gasteiger partial charge in [0.2, 0.25) is 0 Å². The molecule has 1 atom stereocenters. The van der Waals surface area contributed by atoms with Crippen molar-refractivity contribution in [3.05, 3.63) is 35.9 Å². The van der Waals surface area contributed by atoms with Crippen LogP contribution in [0.1, 0.15) is 19.4 Å². The number of benzene rings is 1. The van der Waals surface area contributed by atoms with Gasteiger partial charge in [0, 0.05) is 19.7 Å². The minimum absolute atomic E-state index is 0.456. The first-order chi connectivity index (χ1) is 8.62. The zero-order chi connectivity index (χ0) is 13.4. The first-order valence-corrected chi connectivity index (χ1v) is 6.40. The third-order valence-electron chi connectivity index (χ3n) is 3.11. The van der Waals surface area contributed by atoms with Gasteiger partial charge in [-0.3, -0.25) is 0 Å². The summed E-state index contributed by atoms with van der Waals surface area (Å²) in [7, 11) is 2.02. The zero-order valence-electron chi connectivity index (χ0n) is 11.6. The Balaban J connectivity index is 2.63. The Morgan fingerprint density at radius 1 is 1.33 bits per heavy atom. The standard InChI is InChI=1S/C15H23NO2/c1-4-18-11-10-16(3)12-15(2,13-17)14-8-6-5-7-9-14/h5-9,13H,4,10-12H2,1-3H3. The molecule has 0 saturated carbocycles. The van der Waals surface area contributed by atoms with Crippen molar-refractivity contribution < 1.29 is 9.53 Å². The molecule has 3 nitrogen and oxygen atoms in total. The third kappa shape index (κ3) is 4.24. The van der Waals surface area contributed by atoms with Crippen LogP contribution < -0.4 is 0 Å². The minimum Gasteiger partial charge on any atom is -0.380 e. The quantitative estimate of drug-likeness (QED) is 0.522. The Hall–Kier alpha value is -1.19. The Morgan fingerprint density at radius 2 is 2.00 bits per heavy atom. The fourth-order valence-corrected chi connectivity index (χ4v) is 2.02. The first kappa shape index (κ1) is 14.9. The molecule has 1 aromatic carbocycles. The molecule has 0 heterocycles. The molecule has 0 fully saturated rings. The molecule has 0 aliphatic heterocycles. The summed E-state index contributed by atoms with van der Waals surface area (Å²) in [5.74, 6) is 0. The lowest BCUT2D eigenvalue weighted by molar-refractivity contribution is -0.112. The van der Waals surface area contributed by atoms with Crippen molar-refractivity contribution in [1.29, 1.82) is 0 Å². The largest absolute Gasteiger partial charge is 0.380 e. The average Bonchev–Trinajstić information content (AvgIpc) is 2.40. The second kappa shape index (κ2) is 7.29. The highest BCUT2D eigenvalue weighted by atomic mass is 16.5. The molecule has 1 aromatic rings. The smallest absolute Gasteiger partial charge is 0.131 e. The Bertz CT molecular complexity index is 353. The number of likely N-dealkylation sites (N-methyl/N-ethyl adjacent to an activating group) is 1. The van der Waals surface area contributed by atoms with Crippen molar-refractivity contribution in [2.45, 2.75) is 19.3 Å². The fourth-order valence-electron chi connectivity index (χ4n) is 2.02. The molecule has 0 bridgehead atoms. The van der Waals surface area contributed by atoms with Crippen LogP contribution in [0.4, 0.5) is 0 Å². The summed E-state index contributed by atoms with van der Waals surface area (Å²) in [5, 5.41) is 0. The highest BCUT2D eigenvalue weighted by molar-refractivity contribution is 5.68. The van der Waals surface area contributed by atoms with Gasteiger partial charge in [0.25, 0.3) is 0 Å². The Morgan fingerprint density at radius 3 is 2.56 bits per heavy atom. The molecule has 18 heavy (non-hydrogen) atoms. The third-order valence-corrected chi connectivity index (χ3v) is 3.11. The van der Waals surface area contributed by atoms with Crippen molar-refractivity contribution in [3.63, 3.8) is 0 Å². The van der Waals surface area contributed by atoms with Gasteiger partial charge in [-0.05, 0) is 26.5 Å². The van der Waals surface area contributed by atoms with Crippen molar-refractivity contribution >= 4 is 6.29 Å². The Labute approximate surface area is 110 Å². The normalized spacial score (nSPS) is 14.4. The number of ether oxygens (including phenoxy) is 1. The number of hydrogen-bond acceptors (Lipinski definition) is 3. The average molecular weight is 249 g/mol. The lowest BCUT2D eigenvalue weighted by Crippen LogP contribution is -2.39. The molecule has 1 unspecified atom stereocenters. The molecular formula is C15H23NO2. The van der Waals surface area contributed by atoms with E-state index in [9.17, 15) is 4.79 Å². The van der Waals surface area contributed by atoms with Crippen LogP contribution in [0.5, 0.6) is 0 Å². The van der Waals surface area contributed by atoms with E-state index >= 15 is 0 Å². The number of carbonyl (C=O) groups is 1. The number of rotatable bonds is 8. The molecule has 0 saturated heterocycles. The van der Waals surface area contributed by atoms with E-state index in [0.717, 1.165) is 25.0 Å². The molecule has 0 radical (unpaired) electrons. The van der Waals surface area contributed by atoms with Crippen LogP contribution in [0.2, 0.25) is 0 Å². The number of hydrogen-bond donors (Lipinski definition) is 0. The van der Waals surface area contributed by atoms with E-state index in [-0.39, 0.29) is 0 Å². The summed E-state index contributed by atoms with van der Waals surface area (Å²) in [6, 6.07) is 9.91. The first-order valence-electron chi connectivity index (χ1n) is 6.40. The molecule has 0 amide bonds. The maximum Gasteiger partial charge on any atom is 0.131 e. The second-order valence-electron chi connectivity index (χ2n) is 4.84. The van der Waals surface area contributed by atoms with E-state index in [4.69, 9.17) is 4.74 Å². The van der Waals surface area contributed by atoms with Crippen LogP contribution in [0.15, 0.2) is 30.3 Å². The molecule has 1 rings (SSSR count). The van der Waals surface area contributed by atoms with E-state index in [1.54, 1.807) is 0 Å². The molecule has 0 spiro atoms. The summed E-state index contributed by atoms with van der Waals surface area (Å²) >= 11 is 0. The van der Waals surface area contributed by atoms with Crippen LogP contribution in [0.25, 0.3) is 0 Å². The van der Waals surface area contributed by atoms with Crippen molar-refractivity contribution in [2.24, 2.45) is 0 Å². The Kier molecular flexibility index (Phi) is 6.02. The predicted octanol–water partition coefficient (Wildman–Crippen LogP) is 2.11. The summed E-state index contributed by atoms with van der Waals surface area (Å²) in [6.07, 6.45) is 1.04. The van der Waals surface area contributed by atoms with E-state index in [1.165, 1.54) is 0 Å². The monoisotopic (exact) mass is 249 g/mol. The summed E-state index contributed by atoms with van der Waals surface area (Å²) in [5.41, 5.74) is 0.602.